The summed E-state index contributed by atoms with van der Waals surface area (Å²) in [6.45, 7) is 6.00. The van der Waals surface area contributed by atoms with E-state index in [0.29, 0.717) is 10.6 Å². The second-order valence-electron chi connectivity index (χ2n) is 7.08. The van der Waals surface area contributed by atoms with Crippen LogP contribution in [0.5, 0.6) is 0 Å². The first-order valence-corrected chi connectivity index (χ1v) is 9.70. The predicted octanol–water partition coefficient (Wildman–Crippen LogP) is 3.48. The van der Waals surface area contributed by atoms with Crippen LogP contribution < -0.4 is 10.6 Å². The van der Waals surface area contributed by atoms with Crippen molar-refractivity contribution in [1.29, 1.82) is 0 Å². The van der Waals surface area contributed by atoms with Gasteiger partial charge in [0.2, 0.25) is 11.8 Å². The largest absolute Gasteiger partial charge is 0.352 e. The Balaban J connectivity index is 1.80. The highest BCUT2D eigenvalue weighted by molar-refractivity contribution is 6.30. The Hall–Kier alpha value is -2.86. The zero-order chi connectivity index (χ0) is 21.6. The third kappa shape index (κ3) is 6.61. The molecule has 0 aliphatic carbocycles. The van der Waals surface area contributed by atoms with Crippen molar-refractivity contribution in [3.8, 4) is 0 Å². The first kappa shape index (κ1) is 22.4. The Morgan fingerprint density at radius 1 is 1.00 bits per heavy atom. The molecule has 2 rings (SSSR count). The molecule has 0 atom stereocenters. The molecule has 0 unspecified atom stereocenters. The zero-order valence-corrected chi connectivity index (χ0v) is 17.9. The Morgan fingerprint density at radius 3 is 2.17 bits per heavy atom. The van der Waals surface area contributed by atoms with Crippen LogP contribution in [0.15, 0.2) is 36.4 Å². The van der Waals surface area contributed by atoms with Gasteiger partial charge in [-0.2, -0.15) is 0 Å². The van der Waals surface area contributed by atoms with E-state index in [9.17, 15) is 14.4 Å². The quantitative estimate of drug-likeness (QED) is 0.726. The third-order valence-corrected chi connectivity index (χ3v) is 4.73. The lowest BCUT2D eigenvalue weighted by Gasteiger charge is -2.18. The van der Waals surface area contributed by atoms with E-state index in [-0.39, 0.29) is 37.2 Å². The van der Waals surface area contributed by atoms with Gasteiger partial charge in [-0.05, 0) is 56.2 Å². The summed E-state index contributed by atoms with van der Waals surface area (Å²) in [6.07, 6.45) is 0.103. The van der Waals surface area contributed by atoms with Crippen LogP contribution in [-0.2, 0) is 9.59 Å². The number of hydrogen-bond acceptors (Lipinski definition) is 3. The van der Waals surface area contributed by atoms with Crippen molar-refractivity contribution in [3.63, 3.8) is 0 Å². The molecule has 0 bridgehead atoms. The number of nitrogens with zero attached hydrogens (tertiary/aromatic N) is 1. The maximum Gasteiger partial charge on any atom is 0.251 e. The average molecular weight is 416 g/mol. The van der Waals surface area contributed by atoms with E-state index in [1.54, 1.807) is 31.3 Å². The summed E-state index contributed by atoms with van der Waals surface area (Å²) in [5, 5.41) is 6.11. The molecule has 2 aromatic rings. The van der Waals surface area contributed by atoms with Crippen molar-refractivity contribution in [1.82, 2.24) is 10.2 Å². The van der Waals surface area contributed by atoms with E-state index >= 15 is 0 Å². The second kappa shape index (κ2) is 10.1. The van der Waals surface area contributed by atoms with Gasteiger partial charge in [-0.15, -0.1) is 0 Å². The van der Waals surface area contributed by atoms with Crippen molar-refractivity contribution in [2.75, 3.05) is 25.5 Å². The minimum absolute atomic E-state index is 0.0588. The van der Waals surface area contributed by atoms with Crippen LogP contribution in [0, 0.1) is 20.8 Å². The molecule has 2 N–H and O–H groups in total. The molecule has 0 aromatic heterocycles. The number of carbonyl (C=O) groups excluding carboxylic acids is 3. The molecule has 0 saturated heterocycles. The van der Waals surface area contributed by atoms with Gasteiger partial charge >= 0.3 is 0 Å². The number of anilines is 1. The molecular formula is C22H26ClN3O3. The van der Waals surface area contributed by atoms with Crippen molar-refractivity contribution in [2.45, 2.75) is 27.2 Å². The normalized spacial score (nSPS) is 10.4. The van der Waals surface area contributed by atoms with Crippen molar-refractivity contribution in [2.24, 2.45) is 0 Å². The number of benzene rings is 2. The number of amides is 3. The predicted molar refractivity (Wildman–Crippen MR) is 115 cm³/mol. The summed E-state index contributed by atoms with van der Waals surface area (Å²) in [6, 6.07) is 10.5. The van der Waals surface area contributed by atoms with Gasteiger partial charge < -0.3 is 15.5 Å². The van der Waals surface area contributed by atoms with Crippen LogP contribution in [0.2, 0.25) is 5.02 Å². The summed E-state index contributed by atoms with van der Waals surface area (Å²) < 4.78 is 0. The number of aryl methyl sites for hydroxylation is 3. The van der Waals surface area contributed by atoms with Crippen LogP contribution >= 0.6 is 11.6 Å². The van der Waals surface area contributed by atoms with E-state index in [1.807, 2.05) is 32.9 Å². The molecule has 7 heteroatoms. The van der Waals surface area contributed by atoms with Crippen LogP contribution in [0.4, 0.5) is 5.69 Å². The summed E-state index contributed by atoms with van der Waals surface area (Å²) >= 11 is 5.80. The Morgan fingerprint density at radius 2 is 1.59 bits per heavy atom. The standard InChI is InChI=1S/C22H26ClN3O3/c1-14-11-15(2)21(16(3)12-14)25-19(27)13-26(4)20(28)9-10-24-22(29)17-5-7-18(23)8-6-17/h5-8,11-12H,9-10,13H2,1-4H3,(H,24,29)(H,25,27). The lowest BCUT2D eigenvalue weighted by molar-refractivity contribution is -0.133. The summed E-state index contributed by atoms with van der Waals surface area (Å²) in [7, 11) is 1.57. The van der Waals surface area contributed by atoms with Crippen LogP contribution in [0.25, 0.3) is 0 Å². The fraction of sp³-hybridized carbons (Fsp3) is 0.318. The zero-order valence-electron chi connectivity index (χ0n) is 17.1. The molecule has 0 heterocycles. The lowest BCUT2D eigenvalue weighted by Crippen LogP contribution is -2.37. The van der Waals surface area contributed by atoms with Gasteiger partial charge in [0.1, 0.15) is 0 Å². The SMILES string of the molecule is Cc1cc(C)c(NC(=O)CN(C)C(=O)CCNC(=O)c2ccc(Cl)cc2)c(C)c1. The minimum Gasteiger partial charge on any atom is -0.352 e. The molecular weight excluding hydrogens is 390 g/mol. The van der Waals surface area contributed by atoms with Crippen molar-refractivity contribution in [3.05, 3.63) is 63.7 Å². The van der Waals surface area contributed by atoms with Crippen molar-refractivity contribution < 1.29 is 14.4 Å². The maximum atomic E-state index is 12.3. The Kier molecular flexibility index (Phi) is 7.79. The fourth-order valence-electron chi connectivity index (χ4n) is 3.04. The summed E-state index contributed by atoms with van der Waals surface area (Å²) in [5.74, 6) is -0.768. The number of nitrogens with one attached hydrogen (secondary N) is 2. The first-order chi connectivity index (χ1) is 13.7. The average Bonchev–Trinajstić information content (AvgIpc) is 2.64. The molecule has 0 spiro atoms. The molecule has 0 aliphatic heterocycles. The highest BCUT2D eigenvalue weighted by atomic mass is 35.5. The van der Waals surface area contributed by atoms with Crippen LogP contribution in [0.3, 0.4) is 0 Å². The smallest absolute Gasteiger partial charge is 0.251 e. The summed E-state index contributed by atoms with van der Waals surface area (Å²) in [4.78, 5) is 38.0. The van der Waals surface area contributed by atoms with E-state index in [2.05, 4.69) is 10.6 Å². The highest BCUT2D eigenvalue weighted by Crippen LogP contribution is 2.21. The fourth-order valence-corrected chi connectivity index (χ4v) is 3.16. The van der Waals surface area contributed by atoms with Gasteiger partial charge in [-0.1, -0.05) is 29.3 Å². The molecule has 154 valence electrons. The molecule has 0 saturated carbocycles. The number of hydrogen-bond donors (Lipinski definition) is 2. The summed E-state index contributed by atoms with van der Waals surface area (Å²) in [5.41, 5.74) is 4.34. The molecule has 29 heavy (non-hydrogen) atoms. The molecule has 3 amide bonds. The minimum atomic E-state index is -0.278. The van der Waals surface area contributed by atoms with Gasteiger partial charge in [0.15, 0.2) is 0 Å². The molecule has 2 aromatic carbocycles. The third-order valence-electron chi connectivity index (χ3n) is 4.48. The number of carbonyl (C=O) groups is 3. The van der Waals surface area contributed by atoms with Crippen LogP contribution in [-0.4, -0.2) is 42.8 Å². The maximum absolute atomic E-state index is 12.3. The van der Waals surface area contributed by atoms with Gasteiger partial charge in [0, 0.05) is 36.3 Å². The van der Waals surface area contributed by atoms with Gasteiger partial charge in [-0.3, -0.25) is 14.4 Å². The molecule has 0 radical (unpaired) electrons. The molecule has 0 fully saturated rings. The van der Waals surface area contributed by atoms with Crippen LogP contribution in [0.1, 0.15) is 33.5 Å². The van der Waals surface area contributed by atoms with E-state index in [4.69, 9.17) is 11.6 Å². The number of rotatable bonds is 7. The van der Waals surface area contributed by atoms with Gasteiger partial charge in [0.25, 0.3) is 5.91 Å². The van der Waals surface area contributed by atoms with E-state index < -0.39 is 0 Å². The highest BCUT2D eigenvalue weighted by Gasteiger charge is 2.15. The Bertz CT molecular complexity index is 887. The molecule has 0 aliphatic rings. The lowest BCUT2D eigenvalue weighted by atomic mass is 10.1. The topological polar surface area (TPSA) is 78.5 Å². The first-order valence-electron chi connectivity index (χ1n) is 9.33. The Labute approximate surface area is 176 Å². The van der Waals surface area contributed by atoms with Gasteiger partial charge in [0.05, 0.1) is 6.54 Å². The number of halogens is 1. The monoisotopic (exact) mass is 415 g/mol. The number of likely N-dealkylation sites (N-methyl/N-ethyl adjacent to an activating group) is 1. The van der Waals surface area contributed by atoms with E-state index in [0.717, 1.165) is 22.4 Å². The van der Waals surface area contributed by atoms with E-state index in [1.165, 1.54) is 4.90 Å². The molecule has 6 nitrogen and oxygen atoms in total. The van der Waals surface area contributed by atoms with Crippen molar-refractivity contribution >= 4 is 35.0 Å². The second-order valence-corrected chi connectivity index (χ2v) is 7.52. The van der Waals surface area contributed by atoms with Gasteiger partial charge in [-0.25, -0.2) is 0 Å².